The number of aliphatic hydroxyl groups excluding tert-OH is 2. The number of nitrogens with zero attached hydrogens (tertiary/aromatic N) is 1. The Labute approximate surface area is 95.6 Å². The molecule has 0 aromatic rings. The van der Waals surface area contributed by atoms with E-state index < -0.39 is 6.04 Å². The Hall–Kier alpha value is -0.690. The molecule has 1 saturated heterocycles. The minimum atomic E-state index is -0.544. The lowest BCUT2D eigenvalue weighted by Crippen LogP contribution is -2.45. The van der Waals surface area contributed by atoms with Gasteiger partial charge in [-0.15, -0.1) is 0 Å². The van der Waals surface area contributed by atoms with E-state index in [1.54, 1.807) is 0 Å². The quantitative estimate of drug-likeness (QED) is 0.429. The lowest BCUT2D eigenvalue weighted by Gasteiger charge is -2.20. The third kappa shape index (κ3) is 4.89. The van der Waals surface area contributed by atoms with Crippen molar-refractivity contribution >= 4 is 5.91 Å². The Bertz CT molecular complexity index is 201. The first-order valence-electron chi connectivity index (χ1n) is 5.70. The number of aliphatic hydroxyl groups is 2. The van der Waals surface area contributed by atoms with E-state index in [9.17, 15) is 4.79 Å². The van der Waals surface area contributed by atoms with Crippen LogP contribution in [0.1, 0.15) is 6.42 Å². The van der Waals surface area contributed by atoms with E-state index in [4.69, 9.17) is 10.2 Å². The zero-order chi connectivity index (χ0) is 11.8. The van der Waals surface area contributed by atoms with E-state index in [1.807, 2.05) is 0 Å². The third-order valence-corrected chi connectivity index (χ3v) is 2.61. The van der Waals surface area contributed by atoms with Crippen molar-refractivity contribution < 1.29 is 15.0 Å². The first kappa shape index (κ1) is 13.4. The van der Waals surface area contributed by atoms with Gasteiger partial charge >= 0.3 is 0 Å². The summed E-state index contributed by atoms with van der Waals surface area (Å²) in [5.74, 6) is -0.144. The number of amides is 1. The standard InChI is InChI=1S/C10H21N3O3/c14-7-9(8-15)12-10(16)6-13-4-1-2-11-3-5-13/h9,11,14-15H,1-8H2,(H,12,16). The second kappa shape index (κ2) is 7.56. The molecule has 0 atom stereocenters. The highest BCUT2D eigenvalue weighted by atomic mass is 16.3. The molecule has 0 bridgehead atoms. The normalized spacial score (nSPS) is 18.4. The molecular formula is C10H21N3O3. The maximum absolute atomic E-state index is 11.6. The predicted molar refractivity (Wildman–Crippen MR) is 60.0 cm³/mol. The van der Waals surface area contributed by atoms with E-state index in [-0.39, 0.29) is 19.1 Å². The van der Waals surface area contributed by atoms with Gasteiger partial charge in [0.2, 0.25) is 5.91 Å². The van der Waals surface area contributed by atoms with Crippen LogP contribution < -0.4 is 10.6 Å². The Balaban J connectivity index is 2.26. The molecule has 1 fully saturated rings. The van der Waals surface area contributed by atoms with Crippen molar-refractivity contribution in [3.63, 3.8) is 0 Å². The summed E-state index contributed by atoms with van der Waals surface area (Å²) < 4.78 is 0. The van der Waals surface area contributed by atoms with Crippen LogP contribution in [-0.4, -0.2) is 73.0 Å². The molecule has 0 unspecified atom stereocenters. The van der Waals surface area contributed by atoms with Crippen molar-refractivity contribution in [3.8, 4) is 0 Å². The molecule has 0 aromatic carbocycles. The second-order valence-corrected chi connectivity index (χ2v) is 4.01. The molecule has 1 heterocycles. The van der Waals surface area contributed by atoms with Crippen LogP contribution in [0.5, 0.6) is 0 Å². The van der Waals surface area contributed by atoms with Crippen LogP contribution in [-0.2, 0) is 4.79 Å². The molecule has 6 nitrogen and oxygen atoms in total. The van der Waals surface area contributed by atoms with Crippen molar-refractivity contribution in [1.82, 2.24) is 15.5 Å². The summed E-state index contributed by atoms with van der Waals surface area (Å²) in [6, 6.07) is -0.544. The van der Waals surface area contributed by atoms with E-state index in [2.05, 4.69) is 15.5 Å². The largest absolute Gasteiger partial charge is 0.394 e. The van der Waals surface area contributed by atoms with E-state index in [0.717, 1.165) is 32.6 Å². The molecule has 0 radical (unpaired) electrons. The zero-order valence-corrected chi connectivity index (χ0v) is 9.48. The SMILES string of the molecule is O=C(CN1CCCNCC1)NC(CO)CO. The first-order chi connectivity index (χ1) is 7.76. The van der Waals surface area contributed by atoms with Gasteiger partial charge in [-0.25, -0.2) is 0 Å². The van der Waals surface area contributed by atoms with Gasteiger partial charge in [-0.1, -0.05) is 0 Å². The number of carbonyl (C=O) groups is 1. The molecule has 1 aliphatic rings. The van der Waals surface area contributed by atoms with E-state index >= 15 is 0 Å². The fraction of sp³-hybridized carbons (Fsp3) is 0.900. The predicted octanol–water partition coefficient (Wildman–Crippen LogP) is -2.25. The van der Waals surface area contributed by atoms with Gasteiger partial charge in [-0.05, 0) is 19.5 Å². The zero-order valence-electron chi connectivity index (χ0n) is 9.48. The molecule has 0 saturated carbocycles. The number of hydrogen-bond donors (Lipinski definition) is 4. The summed E-state index contributed by atoms with van der Waals surface area (Å²) in [7, 11) is 0. The molecule has 94 valence electrons. The Morgan fingerprint density at radius 1 is 1.31 bits per heavy atom. The fourth-order valence-corrected chi connectivity index (χ4v) is 1.69. The molecule has 1 amide bonds. The van der Waals surface area contributed by atoms with Gasteiger partial charge in [-0.2, -0.15) is 0 Å². The van der Waals surface area contributed by atoms with Crippen molar-refractivity contribution in [1.29, 1.82) is 0 Å². The van der Waals surface area contributed by atoms with Crippen LogP contribution in [0.25, 0.3) is 0 Å². The van der Waals surface area contributed by atoms with Gasteiger partial charge in [0.15, 0.2) is 0 Å². The van der Waals surface area contributed by atoms with Crippen LogP contribution in [0.15, 0.2) is 0 Å². The molecule has 6 heteroatoms. The summed E-state index contributed by atoms with van der Waals surface area (Å²) in [5.41, 5.74) is 0. The van der Waals surface area contributed by atoms with Crippen LogP contribution in [0.2, 0.25) is 0 Å². The molecule has 0 aromatic heterocycles. The van der Waals surface area contributed by atoms with Crippen LogP contribution in [0.4, 0.5) is 0 Å². The lowest BCUT2D eigenvalue weighted by molar-refractivity contribution is -0.123. The van der Waals surface area contributed by atoms with Crippen LogP contribution in [0.3, 0.4) is 0 Å². The van der Waals surface area contributed by atoms with E-state index in [1.165, 1.54) is 0 Å². The average Bonchev–Trinajstić information content (AvgIpc) is 2.54. The number of nitrogens with one attached hydrogen (secondary N) is 2. The lowest BCUT2D eigenvalue weighted by atomic mass is 10.3. The van der Waals surface area contributed by atoms with Gasteiger partial charge in [-0.3, -0.25) is 9.69 Å². The maximum Gasteiger partial charge on any atom is 0.234 e. The highest BCUT2D eigenvalue weighted by molar-refractivity contribution is 5.78. The third-order valence-electron chi connectivity index (χ3n) is 2.61. The molecule has 0 aliphatic carbocycles. The monoisotopic (exact) mass is 231 g/mol. The fourth-order valence-electron chi connectivity index (χ4n) is 1.69. The van der Waals surface area contributed by atoms with Gasteiger partial charge in [0, 0.05) is 13.1 Å². The Morgan fingerprint density at radius 2 is 2.06 bits per heavy atom. The van der Waals surface area contributed by atoms with Crippen molar-refractivity contribution in [2.45, 2.75) is 12.5 Å². The summed E-state index contributed by atoms with van der Waals surface area (Å²) in [4.78, 5) is 13.6. The van der Waals surface area contributed by atoms with Crippen molar-refractivity contribution in [3.05, 3.63) is 0 Å². The minimum Gasteiger partial charge on any atom is -0.394 e. The molecule has 4 N–H and O–H groups in total. The van der Waals surface area contributed by atoms with Gasteiger partial charge in [0.25, 0.3) is 0 Å². The van der Waals surface area contributed by atoms with Crippen molar-refractivity contribution in [2.24, 2.45) is 0 Å². The summed E-state index contributed by atoms with van der Waals surface area (Å²) in [6.07, 6.45) is 1.04. The van der Waals surface area contributed by atoms with Crippen LogP contribution >= 0.6 is 0 Å². The molecule has 0 spiro atoms. The summed E-state index contributed by atoms with van der Waals surface area (Å²) >= 11 is 0. The number of rotatable bonds is 5. The van der Waals surface area contributed by atoms with Crippen LogP contribution in [0, 0.1) is 0 Å². The number of hydrogen-bond acceptors (Lipinski definition) is 5. The highest BCUT2D eigenvalue weighted by Crippen LogP contribution is 1.94. The molecular weight excluding hydrogens is 210 g/mol. The Morgan fingerprint density at radius 3 is 2.75 bits per heavy atom. The molecule has 16 heavy (non-hydrogen) atoms. The molecule has 1 aliphatic heterocycles. The van der Waals surface area contributed by atoms with Gasteiger partial charge in [0.1, 0.15) is 0 Å². The average molecular weight is 231 g/mol. The Kier molecular flexibility index (Phi) is 6.32. The number of carbonyl (C=O) groups excluding carboxylic acids is 1. The summed E-state index contributed by atoms with van der Waals surface area (Å²) in [5, 5.41) is 23.5. The first-order valence-corrected chi connectivity index (χ1v) is 5.70. The van der Waals surface area contributed by atoms with Gasteiger partial charge in [0.05, 0.1) is 25.8 Å². The smallest absolute Gasteiger partial charge is 0.234 e. The molecule has 1 rings (SSSR count). The maximum atomic E-state index is 11.6. The van der Waals surface area contributed by atoms with Crippen molar-refractivity contribution in [2.75, 3.05) is 45.9 Å². The minimum absolute atomic E-state index is 0.144. The topological polar surface area (TPSA) is 84.8 Å². The van der Waals surface area contributed by atoms with Gasteiger partial charge < -0.3 is 20.8 Å². The second-order valence-electron chi connectivity index (χ2n) is 4.01. The summed E-state index contributed by atoms with van der Waals surface area (Å²) in [6.45, 7) is 3.52. The van der Waals surface area contributed by atoms with E-state index in [0.29, 0.717) is 6.54 Å². The highest BCUT2D eigenvalue weighted by Gasteiger charge is 2.15.